The molecule has 1 saturated carbocycles. The molecule has 140 valence electrons. The van der Waals surface area contributed by atoms with Gasteiger partial charge in [-0.15, -0.1) is 0 Å². The number of rotatable bonds is 10. The normalized spacial score (nSPS) is 29.5. The Labute approximate surface area is 150 Å². The van der Waals surface area contributed by atoms with Crippen LogP contribution in [0.2, 0.25) is 0 Å². The van der Waals surface area contributed by atoms with Crippen LogP contribution < -0.4 is 0 Å². The average molecular weight is 337 g/mol. The summed E-state index contributed by atoms with van der Waals surface area (Å²) in [7, 11) is 0. The van der Waals surface area contributed by atoms with Crippen molar-refractivity contribution in [1.82, 2.24) is 0 Å². The van der Waals surface area contributed by atoms with Crippen LogP contribution in [0.5, 0.6) is 0 Å². The molecule has 0 aliphatic heterocycles. The number of unbranched alkanes of at least 4 members (excludes halogenated alkanes) is 1. The minimum Gasteiger partial charge on any atom is -0.393 e. The molecule has 0 amide bonds. The third-order valence-corrected chi connectivity index (χ3v) is 6.11. The minimum atomic E-state index is -0.183. The first-order valence-corrected chi connectivity index (χ1v) is 10.2. The fourth-order valence-electron chi connectivity index (χ4n) is 4.41. The highest BCUT2D eigenvalue weighted by molar-refractivity contribution is 5.75. The van der Waals surface area contributed by atoms with E-state index in [9.17, 15) is 9.90 Å². The Hall–Kier alpha value is -0.630. The Bertz CT molecular complexity index is 399. The Morgan fingerprint density at radius 2 is 1.79 bits per heavy atom. The van der Waals surface area contributed by atoms with Crippen LogP contribution in [0.25, 0.3) is 0 Å². The van der Waals surface area contributed by atoms with E-state index < -0.39 is 0 Å². The van der Waals surface area contributed by atoms with Gasteiger partial charge in [-0.05, 0) is 63.2 Å². The molecule has 0 radical (unpaired) electrons. The van der Waals surface area contributed by atoms with Crippen molar-refractivity contribution < 1.29 is 9.90 Å². The van der Waals surface area contributed by atoms with E-state index in [0.717, 1.165) is 56.8 Å². The summed E-state index contributed by atoms with van der Waals surface area (Å²) < 4.78 is 0. The van der Waals surface area contributed by atoms with Crippen LogP contribution in [0.3, 0.4) is 0 Å². The van der Waals surface area contributed by atoms with Crippen LogP contribution in [0.15, 0.2) is 11.6 Å². The van der Waals surface area contributed by atoms with Gasteiger partial charge in [-0.1, -0.05) is 58.1 Å². The maximum Gasteiger partial charge on any atom is 0.129 e. The lowest BCUT2D eigenvalue weighted by Gasteiger charge is -2.41. The molecule has 2 nitrogen and oxygen atoms in total. The number of carbonyl (C=O) groups is 1. The standard InChI is InChI=1S/C22H40O2/c1-6-7-8-20(24)15-16(2)9-13-21-17(3)10-11-18(4)22(21)14-12-19(5)23/h9,17-18,20-22,24H,6-8,10-15H2,1-5H3/b16-9+/t17?,18-,20+,21?,22?/m1/s1. The number of allylic oxidation sites excluding steroid dienone is 1. The largest absolute Gasteiger partial charge is 0.393 e. The van der Waals surface area contributed by atoms with Gasteiger partial charge in [0.05, 0.1) is 6.10 Å². The molecule has 0 spiro atoms. The maximum absolute atomic E-state index is 11.4. The second kappa shape index (κ2) is 11.1. The Balaban J connectivity index is 2.61. The molecule has 0 bridgehead atoms. The molecule has 1 aliphatic carbocycles. The second-order valence-corrected chi connectivity index (χ2v) is 8.39. The van der Waals surface area contributed by atoms with Crippen LogP contribution in [0.1, 0.15) is 92.4 Å². The van der Waals surface area contributed by atoms with Gasteiger partial charge in [0.2, 0.25) is 0 Å². The smallest absolute Gasteiger partial charge is 0.129 e. The average Bonchev–Trinajstić information content (AvgIpc) is 2.52. The van der Waals surface area contributed by atoms with Crippen LogP contribution in [0, 0.1) is 23.7 Å². The predicted molar refractivity (Wildman–Crippen MR) is 103 cm³/mol. The number of Topliss-reactive ketones (excluding diaryl/α,β-unsaturated/α-hetero) is 1. The number of aliphatic hydroxyl groups excluding tert-OH is 1. The van der Waals surface area contributed by atoms with Gasteiger partial charge < -0.3 is 9.90 Å². The third kappa shape index (κ3) is 7.51. The molecule has 0 saturated heterocycles. The summed E-state index contributed by atoms with van der Waals surface area (Å²) >= 11 is 0. The summed E-state index contributed by atoms with van der Waals surface area (Å²) in [5.41, 5.74) is 1.33. The van der Waals surface area contributed by atoms with Crippen molar-refractivity contribution in [2.45, 2.75) is 98.5 Å². The Kier molecular flexibility index (Phi) is 9.88. The highest BCUT2D eigenvalue weighted by atomic mass is 16.3. The van der Waals surface area contributed by atoms with Crippen molar-refractivity contribution in [2.75, 3.05) is 0 Å². The molecule has 2 heteroatoms. The van der Waals surface area contributed by atoms with Crippen molar-refractivity contribution in [3.05, 3.63) is 11.6 Å². The third-order valence-electron chi connectivity index (χ3n) is 6.11. The van der Waals surface area contributed by atoms with E-state index in [1.807, 2.05) is 0 Å². The van der Waals surface area contributed by atoms with Gasteiger partial charge in [-0.3, -0.25) is 0 Å². The summed E-state index contributed by atoms with van der Waals surface area (Å²) in [6.45, 7) is 10.8. The lowest BCUT2D eigenvalue weighted by Crippen LogP contribution is -2.32. The van der Waals surface area contributed by atoms with Crippen LogP contribution in [0.4, 0.5) is 0 Å². The summed E-state index contributed by atoms with van der Waals surface area (Å²) in [4.78, 5) is 11.4. The molecule has 24 heavy (non-hydrogen) atoms. The molecule has 0 aromatic rings. The lowest BCUT2D eigenvalue weighted by atomic mass is 9.65. The maximum atomic E-state index is 11.4. The van der Waals surface area contributed by atoms with Gasteiger partial charge in [0.1, 0.15) is 5.78 Å². The molecular formula is C22H40O2. The summed E-state index contributed by atoms with van der Waals surface area (Å²) in [5.74, 6) is 3.16. The summed E-state index contributed by atoms with van der Waals surface area (Å²) in [5, 5.41) is 10.1. The minimum absolute atomic E-state index is 0.183. The molecule has 3 unspecified atom stereocenters. The van der Waals surface area contributed by atoms with Gasteiger partial charge in [-0.2, -0.15) is 0 Å². The molecular weight excluding hydrogens is 296 g/mol. The first-order valence-electron chi connectivity index (χ1n) is 10.2. The second-order valence-electron chi connectivity index (χ2n) is 8.39. The van der Waals surface area contributed by atoms with Crippen LogP contribution in [-0.4, -0.2) is 17.0 Å². The van der Waals surface area contributed by atoms with Crippen molar-refractivity contribution in [1.29, 1.82) is 0 Å². The van der Waals surface area contributed by atoms with Crippen molar-refractivity contribution >= 4 is 5.78 Å². The molecule has 1 rings (SSSR count). The van der Waals surface area contributed by atoms with Gasteiger partial charge in [-0.25, -0.2) is 0 Å². The van der Waals surface area contributed by atoms with Gasteiger partial charge >= 0.3 is 0 Å². The van der Waals surface area contributed by atoms with Crippen molar-refractivity contribution in [3.63, 3.8) is 0 Å². The van der Waals surface area contributed by atoms with Crippen LogP contribution in [-0.2, 0) is 4.79 Å². The first kappa shape index (κ1) is 21.4. The van der Waals surface area contributed by atoms with Crippen molar-refractivity contribution in [2.24, 2.45) is 23.7 Å². The monoisotopic (exact) mass is 336 g/mol. The van der Waals surface area contributed by atoms with Gasteiger partial charge in [0, 0.05) is 6.42 Å². The number of carbonyl (C=O) groups excluding carboxylic acids is 1. The van der Waals surface area contributed by atoms with E-state index in [-0.39, 0.29) is 6.10 Å². The number of aliphatic hydroxyl groups is 1. The topological polar surface area (TPSA) is 37.3 Å². The fraction of sp³-hybridized carbons (Fsp3) is 0.864. The van der Waals surface area contributed by atoms with E-state index in [1.54, 1.807) is 6.92 Å². The molecule has 1 N–H and O–H groups in total. The predicted octanol–water partition coefficient (Wildman–Crippen LogP) is 5.93. The molecule has 1 aliphatic rings. The summed E-state index contributed by atoms with van der Waals surface area (Å²) in [6.07, 6.45) is 11.7. The number of hydrogen-bond donors (Lipinski definition) is 1. The Morgan fingerprint density at radius 1 is 1.17 bits per heavy atom. The van der Waals surface area contributed by atoms with E-state index in [4.69, 9.17) is 0 Å². The first-order chi connectivity index (χ1) is 11.3. The lowest BCUT2D eigenvalue weighted by molar-refractivity contribution is -0.117. The molecule has 0 aromatic heterocycles. The van der Waals surface area contributed by atoms with Crippen LogP contribution >= 0.6 is 0 Å². The highest BCUT2D eigenvalue weighted by Gasteiger charge is 2.34. The van der Waals surface area contributed by atoms with Gasteiger partial charge in [0.15, 0.2) is 0 Å². The zero-order valence-electron chi connectivity index (χ0n) is 16.7. The van der Waals surface area contributed by atoms with Crippen molar-refractivity contribution in [3.8, 4) is 0 Å². The van der Waals surface area contributed by atoms with E-state index in [1.165, 1.54) is 18.4 Å². The molecule has 0 aromatic carbocycles. The molecule has 5 atom stereocenters. The van der Waals surface area contributed by atoms with E-state index >= 15 is 0 Å². The number of hydrogen-bond acceptors (Lipinski definition) is 2. The zero-order chi connectivity index (χ0) is 18.1. The zero-order valence-corrected chi connectivity index (χ0v) is 16.7. The number of ketones is 1. The molecule has 1 fully saturated rings. The summed E-state index contributed by atoms with van der Waals surface area (Å²) in [6, 6.07) is 0. The molecule has 0 heterocycles. The highest BCUT2D eigenvalue weighted by Crippen LogP contribution is 2.43. The quantitative estimate of drug-likeness (QED) is 0.502. The fourth-order valence-corrected chi connectivity index (χ4v) is 4.41. The van der Waals surface area contributed by atoms with E-state index in [0.29, 0.717) is 17.6 Å². The van der Waals surface area contributed by atoms with E-state index in [2.05, 4.69) is 33.8 Å². The van der Waals surface area contributed by atoms with Gasteiger partial charge in [0.25, 0.3) is 0 Å². The SMILES string of the molecule is CCCC[C@H](O)C/C(C)=C/CC1C(C)CC[C@@H](C)C1CCC(C)=O. The Morgan fingerprint density at radius 3 is 2.38 bits per heavy atom.